The van der Waals surface area contributed by atoms with Gasteiger partial charge in [0.1, 0.15) is 6.10 Å². The fourth-order valence-electron chi connectivity index (χ4n) is 3.68. The zero-order valence-electron chi connectivity index (χ0n) is 10.1. The quantitative estimate of drug-likeness (QED) is 0.616. The smallest absolute Gasteiger partial charge is 0.360 e. The molecule has 1 aromatic rings. The number of nitrogens with zero attached hydrogens (tertiary/aromatic N) is 2. The van der Waals surface area contributed by atoms with Gasteiger partial charge in [-0.3, -0.25) is 9.47 Å². The van der Waals surface area contributed by atoms with Crippen molar-refractivity contribution >= 4 is 18.2 Å². The molecule has 3 heterocycles. The third-order valence-electron chi connectivity index (χ3n) is 4.48. The van der Waals surface area contributed by atoms with Crippen molar-refractivity contribution in [3.63, 3.8) is 0 Å². The number of pyridine rings is 1. The maximum absolute atomic E-state index is 6.25. The van der Waals surface area contributed by atoms with Crippen LogP contribution in [0.25, 0.3) is 0 Å². The van der Waals surface area contributed by atoms with E-state index in [1.807, 2.05) is 12.4 Å². The van der Waals surface area contributed by atoms with Crippen LogP contribution in [-0.2, 0) is 4.65 Å². The van der Waals surface area contributed by atoms with Crippen LogP contribution in [0.4, 0.5) is 0 Å². The Bertz CT molecular complexity index is 514. The van der Waals surface area contributed by atoms with Gasteiger partial charge >= 0.3 is 7.05 Å². The molecule has 0 spiro atoms. The van der Waals surface area contributed by atoms with Crippen LogP contribution in [0.1, 0.15) is 38.2 Å². The van der Waals surface area contributed by atoms with Crippen molar-refractivity contribution in [2.45, 2.75) is 44.8 Å². The van der Waals surface area contributed by atoms with Gasteiger partial charge in [0.15, 0.2) is 11.8 Å². The highest BCUT2D eigenvalue weighted by Gasteiger charge is 2.59. The molecule has 3 nitrogen and oxygen atoms in total. The molecular weight excluding hydrogens is 211 g/mol. The maximum Gasteiger partial charge on any atom is 0.694 e. The average Bonchev–Trinajstić information content (AvgIpc) is 2.88. The lowest BCUT2D eigenvalue weighted by atomic mass is 9.75. The topological polar surface area (TPSA) is 25.1 Å². The van der Waals surface area contributed by atoms with E-state index in [1.165, 1.54) is 42.4 Å². The molecule has 3 aliphatic rings. The first kappa shape index (κ1) is 9.83. The molecule has 0 bridgehead atoms. The molecule has 86 valence electrons. The Morgan fingerprint density at radius 3 is 3.24 bits per heavy atom. The molecular formula is C13H16BN2O+. The van der Waals surface area contributed by atoms with E-state index < -0.39 is 0 Å². The first-order valence-electron chi connectivity index (χ1n) is 6.58. The monoisotopic (exact) mass is 227 g/mol. The lowest BCUT2D eigenvalue weighted by Crippen LogP contribution is -2.38. The van der Waals surface area contributed by atoms with E-state index in [2.05, 4.69) is 22.5 Å². The summed E-state index contributed by atoms with van der Waals surface area (Å²) in [6.07, 6.45) is 9.46. The molecule has 4 heteroatoms. The first-order chi connectivity index (χ1) is 8.36. The lowest BCUT2D eigenvalue weighted by molar-refractivity contribution is -0.427. The molecule has 1 aliphatic carbocycles. The minimum absolute atomic E-state index is 0.145. The van der Waals surface area contributed by atoms with Crippen LogP contribution in [0.2, 0.25) is 0 Å². The summed E-state index contributed by atoms with van der Waals surface area (Å²) in [5.74, 6) is 0. The Hall–Kier alpha value is -1.16. The largest absolute Gasteiger partial charge is 0.694 e. The second-order valence-electron chi connectivity index (χ2n) is 5.33. The zero-order chi connectivity index (χ0) is 11.4. The lowest BCUT2D eigenvalue weighted by Gasteiger charge is -2.21. The van der Waals surface area contributed by atoms with Gasteiger partial charge in [-0.05, 0) is 18.9 Å². The molecule has 17 heavy (non-hydrogen) atoms. The second kappa shape index (κ2) is 3.42. The van der Waals surface area contributed by atoms with Gasteiger partial charge in [-0.1, -0.05) is 6.42 Å². The van der Waals surface area contributed by atoms with Gasteiger partial charge in [-0.2, -0.15) is 0 Å². The molecule has 1 aromatic heterocycles. The highest BCUT2D eigenvalue weighted by Crippen LogP contribution is 2.32. The van der Waals surface area contributed by atoms with Crippen LogP contribution in [0.5, 0.6) is 0 Å². The van der Waals surface area contributed by atoms with Crippen molar-refractivity contribution in [3.05, 3.63) is 24.0 Å². The summed E-state index contributed by atoms with van der Waals surface area (Å²) in [6.45, 7) is 2.22. The number of rotatable bonds is 0. The summed E-state index contributed by atoms with van der Waals surface area (Å²) in [7, 11) is 0.145. The fraction of sp³-hybridized carbons (Fsp3) is 0.538. The molecule has 2 atom stereocenters. The number of aromatic nitrogens is 1. The van der Waals surface area contributed by atoms with Crippen LogP contribution in [-0.4, -0.2) is 34.4 Å². The van der Waals surface area contributed by atoms with Crippen molar-refractivity contribution in [2.24, 2.45) is 0 Å². The minimum Gasteiger partial charge on any atom is -0.360 e. The van der Waals surface area contributed by atoms with Gasteiger partial charge < -0.3 is 4.65 Å². The standard InChI is InChI=1S/C13H16BN2O/c1-9-10-6-7-15-8-11(10)14-16(9)12-4-2-3-5-13(12)17-14/h6-8,12-13H,2-5H2,1H3/q+1/t12-,13+/m0/s1. The van der Waals surface area contributed by atoms with Crippen LogP contribution in [0.3, 0.4) is 0 Å². The van der Waals surface area contributed by atoms with Gasteiger partial charge in [-0.25, -0.2) is 0 Å². The van der Waals surface area contributed by atoms with E-state index in [1.54, 1.807) is 0 Å². The van der Waals surface area contributed by atoms with Crippen LogP contribution in [0.15, 0.2) is 18.5 Å². The Balaban J connectivity index is 1.84. The van der Waals surface area contributed by atoms with Crippen LogP contribution >= 0.6 is 0 Å². The first-order valence-corrected chi connectivity index (χ1v) is 6.58. The van der Waals surface area contributed by atoms with Crippen LogP contribution in [0, 0.1) is 0 Å². The second-order valence-corrected chi connectivity index (χ2v) is 5.33. The average molecular weight is 227 g/mol. The van der Waals surface area contributed by atoms with Crippen molar-refractivity contribution in [1.29, 1.82) is 0 Å². The van der Waals surface area contributed by atoms with E-state index in [9.17, 15) is 0 Å². The molecule has 0 N–H and O–H groups in total. The van der Waals surface area contributed by atoms with Gasteiger partial charge in [0.25, 0.3) is 0 Å². The summed E-state index contributed by atoms with van der Waals surface area (Å²) in [5.41, 5.74) is 3.97. The Morgan fingerprint density at radius 2 is 2.29 bits per heavy atom. The van der Waals surface area contributed by atoms with Crippen molar-refractivity contribution in [2.75, 3.05) is 0 Å². The summed E-state index contributed by atoms with van der Waals surface area (Å²) < 4.78 is 8.75. The SMILES string of the molecule is CC1=[N+]2B(O[C@@H]3CCCC[C@@H]32)c2cnccc21. The Kier molecular flexibility index (Phi) is 1.98. The normalized spacial score (nSPS) is 30.3. The van der Waals surface area contributed by atoms with E-state index >= 15 is 0 Å². The third kappa shape index (κ3) is 1.22. The molecule has 2 aliphatic heterocycles. The number of hydrogen-bond donors (Lipinski definition) is 0. The molecule has 2 fully saturated rings. The summed E-state index contributed by atoms with van der Waals surface area (Å²) in [6, 6.07) is 2.71. The van der Waals surface area contributed by atoms with Gasteiger partial charge in [0.05, 0.1) is 5.46 Å². The molecule has 0 aromatic carbocycles. The number of hydrogen-bond acceptors (Lipinski definition) is 2. The van der Waals surface area contributed by atoms with E-state index in [-0.39, 0.29) is 7.05 Å². The van der Waals surface area contributed by atoms with Gasteiger partial charge in [0, 0.05) is 31.3 Å². The Morgan fingerprint density at radius 1 is 1.41 bits per heavy atom. The Labute approximate surface area is 102 Å². The minimum atomic E-state index is 0.145. The maximum atomic E-state index is 6.25. The summed E-state index contributed by atoms with van der Waals surface area (Å²) in [4.78, 5) is 4.25. The van der Waals surface area contributed by atoms with Crippen molar-refractivity contribution < 1.29 is 9.14 Å². The molecule has 0 amide bonds. The molecule has 1 saturated heterocycles. The number of fused-ring (bicyclic) bond motifs is 5. The van der Waals surface area contributed by atoms with Crippen molar-refractivity contribution in [1.82, 2.24) is 4.98 Å². The highest BCUT2D eigenvalue weighted by atomic mass is 16.5. The highest BCUT2D eigenvalue weighted by molar-refractivity contribution is 6.65. The molecule has 0 unspecified atom stereocenters. The fourth-order valence-corrected chi connectivity index (χ4v) is 3.68. The predicted octanol–water partition coefficient (Wildman–Crippen LogP) is 0.953. The third-order valence-corrected chi connectivity index (χ3v) is 4.48. The summed E-state index contributed by atoms with van der Waals surface area (Å²) >= 11 is 0. The van der Waals surface area contributed by atoms with Gasteiger partial charge in [0.2, 0.25) is 0 Å². The van der Waals surface area contributed by atoms with E-state index in [0.717, 1.165) is 0 Å². The van der Waals surface area contributed by atoms with Crippen LogP contribution < -0.4 is 5.46 Å². The zero-order valence-corrected chi connectivity index (χ0v) is 10.1. The van der Waals surface area contributed by atoms with E-state index in [4.69, 9.17) is 4.65 Å². The van der Waals surface area contributed by atoms with Crippen molar-refractivity contribution in [3.8, 4) is 0 Å². The molecule has 1 saturated carbocycles. The molecule has 4 rings (SSSR count). The summed E-state index contributed by atoms with van der Waals surface area (Å²) in [5, 5.41) is 0. The van der Waals surface area contributed by atoms with Gasteiger partial charge in [-0.15, -0.1) is 0 Å². The molecule has 0 radical (unpaired) electrons. The predicted molar refractivity (Wildman–Crippen MR) is 66.8 cm³/mol. The van der Waals surface area contributed by atoms with E-state index in [0.29, 0.717) is 12.1 Å².